The van der Waals surface area contributed by atoms with Crippen LogP contribution in [0, 0.1) is 17.2 Å². The molecular weight excluding hydrogens is 202 g/mol. The van der Waals surface area contributed by atoms with Crippen LogP contribution in [0.3, 0.4) is 0 Å². The predicted octanol–water partition coefficient (Wildman–Crippen LogP) is 1.38. The molecule has 1 amide bonds. The Balaban J connectivity index is 4.16. The van der Waals surface area contributed by atoms with Gasteiger partial charge in [-0.2, -0.15) is 5.26 Å². The molecule has 0 bridgehead atoms. The van der Waals surface area contributed by atoms with Gasteiger partial charge >= 0.3 is 0 Å². The van der Waals surface area contributed by atoms with Crippen molar-refractivity contribution >= 4 is 5.91 Å². The van der Waals surface area contributed by atoms with Gasteiger partial charge in [0.25, 0.3) is 0 Å². The number of amides is 1. The molecule has 2 unspecified atom stereocenters. The molecule has 0 aliphatic rings. The standard InChI is InChI=1S/C12H23N3O/c1-5-14-11(4)7-12(16)15(6-2)9-10(3)8-13/h10-11,14H,5-7,9H2,1-4H3. The highest BCUT2D eigenvalue weighted by molar-refractivity contribution is 5.76. The van der Waals surface area contributed by atoms with Crippen molar-refractivity contribution in [3.63, 3.8) is 0 Å². The molecule has 0 aromatic carbocycles. The van der Waals surface area contributed by atoms with E-state index in [1.807, 2.05) is 27.7 Å². The second-order valence-corrected chi connectivity index (χ2v) is 4.13. The normalized spacial score (nSPS) is 13.9. The average Bonchev–Trinajstić information content (AvgIpc) is 2.25. The lowest BCUT2D eigenvalue weighted by atomic mass is 10.1. The maximum Gasteiger partial charge on any atom is 0.224 e. The molecule has 0 rings (SSSR count). The van der Waals surface area contributed by atoms with Crippen LogP contribution in [0.4, 0.5) is 0 Å². The largest absolute Gasteiger partial charge is 0.342 e. The molecule has 0 aliphatic carbocycles. The lowest BCUT2D eigenvalue weighted by Crippen LogP contribution is -2.38. The summed E-state index contributed by atoms with van der Waals surface area (Å²) in [7, 11) is 0. The smallest absolute Gasteiger partial charge is 0.224 e. The summed E-state index contributed by atoms with van der Waals surface area (Å²) >= 11 is 0. The number of nitriles is 1. The van der Waals surface area contributed by atoms with Gasteiger partial charge in [-0.05, 0) is 27.3 Å². The number of carbonyl (C=O) groups excluding carboxylic acids is 1. The van der Waals surface area contributed by atoms with Crippen molar-refractivity contribution < 1.29 is 4.79 Å². The number of rotatable bonds is 7. The lowest BCUT2D eigenvalue weighted by molar-refractivity contribution is -0.131. The molecular formula is C12H23N3O. The van der Waals surface area contributed by atoms with Crippen LogP contribution in [0.1, 0.15) is 34.1 Å². The molecule has 0 fully saturated rings. The Morgan fingerprint density at radius 3 is 2.50 bits per heavy atom. The minimum absolute atomic E-state index is 0.0988. The monoisotopic (exact) mass is 225 g/mol. The van der Waals surface area contributed by atoms with Crippen LogP contribution in [0.25, 0.3) is 0 Å². The maximum atomic E-state index is 11.9. The molecule has 2 atom stereocenters. The average molecular weight is 225 g/mol. The van der Waals surface area contributed by atoms with E-state index in [0.29, 0.717) is 19.5 Å². The maximum absolute atomic E-state index is 11.9. The van der Waals surface area contributed by atoms with Gasteiger partial charge in [-0.3, -0.25) is 4.79 Å². The van der Waals surface area contributed by atoms with E-state index >= 15 is 0 Å². The number of nitrogens with one attached hydrogen (secondary N) is 1. The van der Waals surface area contributed by atoms with Crippen LogP contribution in [0.15, 0.2) is 0 Å². The van der Waals surface area contributed by atoms with Gasteiger partial charge in [0.05, 0.1) is 12.0 Å². The van der Waals surface area contributed by atoms with Crippen molar-refractivity contribution in [1.82, 2.24) is 10.2 Å². The van der Waals surface area contributed by atoms with Crippen molar-refractivity contribution in [1.29, 1.82) is 5.26 Å². The Bertz CT molecular complexity index is 247. The molecule has 0 aliphatic heterocycles. The summed E-state index contributed by atoms with van der Waals surface area (Å²) in [5.41, 5.74) is 0. The van der Waals surface area contributed by atoms with Crippen LogP contribution in [0.2, 0.25) is 0 Å². The fourth-order valence-corrected chi connectivity index (χ4v) is 1.59. The quantitative estimate of drug-likeness (QED) is 0.712. The molecule has 0 radical (unpaired) electrons. The number of hydrogen-bond acceptors (Lipinski definition) is 3. The van der Waals surface area contributed by atoms with Crippen molar-refractivity contribution in [2.75, 3.05) is 19.6 Å². The zero-order chi connectivity index (χ0) is 12.6. The third-order valence-corrected chi connectivity index (χ3v) is 2.48. The first-order valence-corrected chi connectivity index (χ1v) is 5.95. The van der Waals surface area contributed by atoms with Crippen LogP contribution in [-0.4, -0.2) is 36.5 Å². The third-order valence-electron chi connectivity index (χ3n) is 2.48. The molecule has 4 nitrogen and oxygen atoms in total. The van der Waals surface area contributed by atoms with Gasteiger partial charge in [0.2, 0.25) is 5.91 Å². The number of hydrogen-bond donors (Lipinski definition) is 1. The zero-order valence-electron chi connectivity index (χ0n) is 10.8. The van der Waals surface area contributed by atoms with Gasteiger partial charge in [-0.1, -0.05) is 6.92 Å². The molecule has 16 heavy (non-hydrogen) atoms. The summed E-state index contributed by atoms with van der Waals surface area (Å²) in [4.78, 5) is 13.6. The molecule has 92 valence electrons. The van der Waals surface area contributed by atoms with Gasteiger partial charge < -0.3 is 10.2 Å². The molecule has 0 saturated carbocycles. The molecule has 0 aromatic heterocycles. The summed E-state index contributed by atoms with van der Waals surface area (Å²) < 4.78 is 0. The summed E-state index contributed by atoms with van der Waals surface area (Å²) in [5.74, 6) is 0.0244. The van der Waals surface area contributed by atoms with Gasteiger partial charge in [0.1, 0.15) is 0 Å². The molecule has 0 spiro atoms. The van der Waals surface area contributed by atoms with Gasteiger partial charge in [0, 0.05) is 25.6 Å². The highest BCUT2D eigenvalue weighted by Crippen LogP contribution is 2.03. The van der Waals surface area contributed by atoms with E-state index in [9.17, 15) is 4.79 Å². The zero-order valence-corrected chi connectivity index (χ0v) is 10.8. The molecule has 0 heterocycles. The van der Waals surface area contributed by atoms with E-state index < -0.39 is 0 Å². The SMILES string of the molecule is CCNC(C)CC(=O)N(CC)CC(C)C#N. The third kappa shape index (κ3) is 5.72. The second-order valence-electron chi connectivity index (χ2n) is 4.13. The highest BCUT2D eigenvalue weighted by atomic mass is 16.2. The Labute approximate surface area is 98.6 Å². The molecule has 0 saturated heterocycles. The van der Waals surface area contributed by atoms with Crippen molar-refractivity contribution in [3.05, 3.63) is 0 Å². The van der Waals surface area contributed by atoms with Crippen LogP contribution in [-0.2, 0) is 4.79 Å². The van der Waals surface area contributed by atoms with Crippen molar-refractivity contribution in [3.8, 4) is 6.07 Å². The van der Waals surface area contributed by atoms with Crippen LogP contribution in [0.5, 0.6) is 0 Å². The van der Waals surface area contributed by atoms with E-state index in [-0.39, 0.29) is 17.9 Å². The predicted molar refractivity (Wildman–Crippen MR) is 64.8 cm³/mol. The first-order chi connectivity index (χ1) is 7.54. The van der Waals surface area contributed by atoms with Gasteiger partial charge in [-0.15, -0.1) is 0 Å². The van der Waals surface area contributed by atoms with E-state index in [4.69, 9.17) is 5.26 Å². The molecule has 0 aromatic rings. The Morgan fingerprint density at radius 2 is 2.06 bits per heavy atom. The minimum atomic E-state index is -0.0988. The Hall–Kier alpha value is -1.08. The van der Waals surface area contributed by atoms with Crippen LogP contribution >= 0.6 is 0 Å². The molecule has 4 heteroatoms. The topological polar surface area (TPSA) is 56.1 Å². The fourth-order valence-electron chi connectivity index (χ4n) is 1.59. The Kier molecular flexibility index (Phi) is 7.57. The Morgan fingerprint density at radius 1 is 1.44 bits per heavy atom. The van der Waals surface area contributed by atoms with E-state index in [1.54, 1.807) is 4.90 Å². The minimum Gasteiger partial charge on any atom is -0.342 e. The lowest BCUT2D eigenvalue weighted by Gasteiger charge is -2.23. The first kappa shape index (κ1) is 14.9. The summed E-state index contributed by atoms with van der Waals surface area (Å²) in [6.07, 6.45) is 0.500. The highest BCUT2D eigenvalue weighted by Gasteiger charge is 2.16. The van der Waals surface area contributed by atoms with Crippen LogP contribution < -0.4 is 5.32 Å². The van der Waals surface area contributed by atoms with Crippen molar-refractivity contribution in [2.45, 2.75) is 40.2 Å². The van der Waals surface area contributed by atoms with Gasteiger partial charge in [0.15, 0.2) is 0 Å². The van der Waals surface area contributed by atoms with Crippen molar-refractivity contribution in [2.24, 2.45) is 5.92 Å². The fraction of sp³-hybridized carbons (Fsp3) is 0.833. The number of nitrogens with zero attached hydrogens (tertiary/aromatic N) is 2. The van der Waals surface area contributed by atoms with Gasteiger partial charge in [-0.25, -0.2) is 0 Å². The molecule has 1 N–H and O–H groups in total. The summed E-state index contributed by atoms with van der Waals surface area (Å²) in [6, 6.07) is 2.35. The van der Waals surface area contributed by atoms with E-state index in [1.165, 1.54) is 0 Å². The second kappa shape index (κ2) is 8.12. The summed E-state index contributed by atoms with van der Waals surface area (Å²) in [5, 5.41) is 11.9. The number of carbonyl (C=O) groups is 1. The summed E-state index contributed by atoms with van der Waals surface area (Å²) in [6.45, 7) is 9.88. The first-order valence-electron chi connectivity index (χ1n) is 5.95. The van der Waals surface area contributed by atoms with E-state index in [2.05, 4.69) is 11.4 Å². The van der Waals surface area contributed by atoms with E-state index in [0.717, 1.165) is 6.54 Å².